The number of hydrogen-bond donors (Lipinski definition) is 2. The van der Waals surface area contributed by atoms with Gasteiger partial charge >= 0.3 is 0 Å². The van der Waals surface area contributed by atoms with Crippen molar-refractivity contribution in [2.24, 2.45) is 5.41 Å². The van der Waals surface area contributed by atoms with Gasteiger partial charge in [-0.1, -0.05) is 27.7 Å². The first kappa shape index (κ1) is 16.4. The summed E-state index contributed by atoms with van der Waals surface area (Å²) < 4.78 is 0. The fraction of sp³-hybridized carbons (Fsp3) is 1.00. The normalized spacial score (nSPS) is 12.0. The van der Waals surface area contributed by atoms with Crippen molar-refractivity contribution in [3.05, 3.63) is 0 Å². The van der Waals surface area contributed by atoms with Gasteiger partial charge in [0.2, 0.25) is 0 Å². The average molecular weight is 202 g/mol. The van der Waals surface area contributed by atoms with Gasteiger partial charge in [-0.05, 0) is 39.8 Å². The Hall–Kier alpha value is -0.0800. The smallest absolute Gasteiger partial charge is 0.0127 e. The van der Waals surface area contributed by atoms with Crippen LogP contribution in [-0.2, 0) is 0 Å². The third-order valence-electron chi connectivity index (χ3n) is 2.25. The molecule has 14 heavy (non-hydrogen) atoms. The van der Waals surface area contributed by atoms with Crippen LogP contribution in [0.25, 0.3) is 0 Å². The first-order valence-corrected chi connectivity index (χ1v) is 5.66. The van der Waals surface area contributed by atoms with Crippen LogP contribution < -0.4 is 10.6 Å². The lowest BCUT2D eigenvalue weighted by Crippen LogP contribution is -2.43. The Morgan fingerprint density at radius 3 is 1.64 bits per heavy atom. The lowest BCUT2D eigenvalue weighted by molar-refractivity contribution is 0.228. The molecule has 0 aliphatic heterocycles. The summed E-state index contributed by atoms with van der Waals surface area (Å²) in [4.78, 5) is 0. The highest BCUT2D eigenvalue weighted by Crippen LogP contribution is 2.26. The molecule has 0 amide bonds. The Morgan fingerprint density at radius 1 is 0.929 bits per heavy atom. The molecule has 0 aliphatic carbocycles. The van der Waals surface area contributed by atoms with Crippen LogP contribution in [0.5, 0.6) is 0 Å². The largest absolute Gasteiger partial charge is 0.319 e. The third kappa shape index (κ3) is 8.52. The monoisotopic (exact) mass is 202 g/mol. The maximum atomic E-state index is 3.33. The van der Waals surface area contributed by atoms with Crippen LogP contribution in [-0.4, -0.2) is 26.2 Å². The van der Waals surface area contributed by atoms with Gasteiger partial charge in [0.05, 0.1) is 0 Å². The van der Waals surface area contributed by atoms with Crippen molar-refractivity contribution in [2.75, 3.05) is 20.6 Å². The summed E-state index contributed by atoms with van der Waals surface area (Å²) in [5.41, 5.74) is 0.599. The zero-order valence-corrected chi connectivity index (χ0v) is 11.4. The average Bonchev–Trinajstić information content (AvgIpc) is 2.06. The van der Waals surface area contributed by atoms with E-state index >= 15 is 0 Å². The van der Waals surface area contributed by atoms with E-state index in [0.717, 1.165) is 6.54 Å². The molecule has 0 saturated heterocycles. The fourth-order valence-corrected chi connectivity index (χ4v) is 1.83. The van der Waals surface area contributed by atoms with Gasteiger partial charge in [0.15, 0.2) is 0 Å². The van der Waals surface area contributed by atoms with Gasteiger partial charge in [0, 0.05) is 12.1 Å². The van der Waals surface area contributed by atoms with E-state index in [0.29, 0.717) is 5.41 Å². The van der Waals surface area contributed by atoms with Crippen molar-refractivity contribution >= 4 is 0 Å². The van der Waals surface area contributed by atoms with Gasteiger partial charge in [-0.2, -0.15) is 0 Å². The van der Waals surface area contributed by atoms with Gasteiger partial charge in [0.25, 0.3) is 0 Å². The summed E-state index contributed by atoms with van der Waals surface area (Å²) in [6, 6.07) is 0. The quantitative estimate of drug-likeness (QED) is 0.716. The molecule has 2 heteroatoms. The van der Waals surface area contributed by atoms with Crippen molar-refractivity contribution < 1.29 is 0 Å². The summed E-state index contributed by atoms with van der Waals surface area (Å²) in [5, 5.41) is 6.55. The van der Waals surface area contributed by atoms with Gasteiger partial charge in [-0.25, -0.2) is 0 Å². The first-order chi connectivity index (χ1) is 6.33. The SMILES string of the molecule is CC.CNCC(C)(C)CC(C)(C)NC. The zero-order valence-electron chi connectivity index (χ0n) is 11.4. The molecule has 2 nitrogen and oxygen atoms in total. The van der Waals surface area contributed by atoms with Crippen LogP contribution in [0.1, 0.15) is 48.0 Å². The van der Waals surface area contributed by atoms with Crippen LogP contribution in [0.2, 0.25) is 0 Å². The minimum absolute atomic E-state index is 0.236. The minimum atomic E-state index is 0.236. The molecule has 0 heterocycles. The van der Waals surface area contributed by atoms with E-state index < -0.39 is 0 Å². The zero-order chi connectivity index (χ0) is 11.8. The minimum Gasteiger partial charge on any atom is -0.319 e. The number of hydrogen-bond acceptors (Lipinski definition) is 2. The van der Waals surface area contributed by atoms with Crippen molar-refractivity contribution in [1.29, 1.82) is 0 Å². The van der Waals surface area contributed by atoms with Crippen LogP contribution in [0, 0.1) is 5.41 Å². The van der Waals surface area contributed by atoms with Crippen molar-refractivity contribution in [3.8, 4) is 0 Å². The van der Waals surface area contributed by atoms with E-state index in [2.05, 4.69) is 38.3 Å². The summed E-state index contributed by atoms with van der Waals surface area (Å²) >= 11 is 0. The molecule has 2 N–H and O–H groups in total. The molecular weight excluding hydrogens is 172 g/mol. The summed E-state index contributed by atoms with van der Waals surface area (Å²) in [7, 11) is 4.03. The molecule has 0 aromatic rings. The first-order valence-electron chi connectivity index (χ1n) is 5.66. The molecule has 0 saturated carbocycles. The predicted molar refractivity (Wildman–Crippen MR) is 66.8 cm³/mol. The maximum Gasteiger partial charge on any atom is 0.0127 e. The van der Waals surface area contributed by atoms with Crippen LogP contribution in [0.15, 0.2) is 0 Å². The van der Waals surface area contributed by atoms with Gasteiger partial charge in [0.1, 0.15) is 0 Å². The lowest BCUT2D eigenvalue weighted by atomic mass is 9.80. The van der Waals surface area contributed by atoms with E-state index in [1.165, 1.54) is 6.42 Å². The summed E-state index contributed by atoms with van der Waals surface area (Å²) in [6.45, 7) is 14.1. The van der Waals surface area contributed by atoms with E-state index in [9.17, 15) is 0 Å². The Bertz CT molecular complexity index is 128. The van der Waals surface area contributed by atoms with E-state index in [1.807, 2.05) is 27.9 Å². The van der Waals surface area contributed by atoms with Crippen LogP contribution in [0.3, 0.4) is 0 Å². The Labute approximate surface area is 90.9 Å². The van der Waals surface area contributed by atoms with Gasteiger partial charge in [-0.15, -0.1) is 0 Å². The van der Waals surface area contributed by atoms with Gasteiger partial charge < -0.3 is 10.6 Å². The van der Waals surface area contributed by atoms with Gasteiger partial charge in [-0.3, -0.25) is 0 Å². The Morgan fingerprint density at radius 2 is 1.36 bits per heavy atom. The second-order valence-corrected chi connectivity index (χ2v) is 5.01. The second kappa shape index (κ2) is 7.24. The molecule has 0 aromatic carbocycles. The Kier molecular flexibility index (Phi) is 8.46. The molecular formula is C12H30N2. The highest BCUT2D eigenvalue weighted by molar-refractivity contribution is 4.84. The number of nitrogens with one attached hydrogen (secondary N) is 2. The molecule has 0 fully saturated rings. The maximum absolute atomic E-state index is 3.33. The predicted octanol–water partition coefficient (Wildman–Crippen LogP) is 2.65. The molecule has 0 rings (SSSR count). The highest BCUT2D eigenvalue weighted by Gasteiger charge is 2.26. The molecule has 0 aliphatic rings. The summed E-state index contributed by atoms with van der Waals surface area (Å²) in [6.07, 6.45) is 1.18. The van der Waals surface area contributed by atoms with E-state index in [4.69, 9.17) is 0 Å². The molecule has 0 radical (unpaired) electrons. The van der Waals surface area contributed by atoms with E-state index in [-0.39, 0.29) is 5.54 Å². The van der Waals surface area contributed by atoms with Crippen molar-refractivity contribution in [3.63, 3.8) is 0 Å². The summed E-state index contributed by atoms with van der Waals surface area (Å²) in [5.74, 6) is 0. The highest BCUT2D eigenvalue weighted by atomic mass is 14.9. The molecule has 0 aromatic heterocycles. The van der Waals surface area contributed by atoms with Crippen LogP contribution in [0.4, 0.5) is 0 Å². The lowest BCUT2D eigenvalue weighted by Gasteiger charge is -2.34. The molecule has 0 atom stereocenters. The topological polar surface area (TPSA) is 24.1 Å². The molecule has 0 spiro atoms. The van der Waals surface area contributed by atoms with E-state index in [1.54, 1.807) is 0 Å². The third-order valence-corrected chi connectivity index (χ3v) is 2.25. The second-order valence-electron chi connectivity index (χ2n) is 5.01. The molecule has 0 bridgehead atoms. The Balaban J connectivity index is 0. The standard InChI is InChI=1S/C10H24N2.C2H6/c1-9(2,8-11-5)7-10(3,4)12-6;1-2/h11-12H,7-8H2,1-6H3;1-2H3. The van der Waals surface area contributed by atoms with Crippen molar-refractivity contribution in [2.45, 2.75) is 53.5 Å². The van der Waals surface area contributed by atoms with Crippen LogP contribution >= 0.6 is 0 Å². The molecule has 88 valence electrons. The van der Waals surface area contributed by atoms with Crippen molar-refractivity contribution in [1.82, 2.24) is 10.6 Å². The number of rotatable bonds is 5. The fourth-order valence-electron chi connectivity index (χ4n) is 1.83. The molecule has 0 unspecified atom stereocenters.